The average molecular weight is 298 g/mol. The molecule has 1 saturated heterocycles. The molecule has 0 aliphatic carbocycles. The Bertz CT molecular complexity index is 615. The number of nitrogen functional groups attached to an aromatic ring is 1. The number of aromatic nitrogens is 2. The van der Waals surface area contributed by atoms with Crippen molar-refractivity contribution in [3.05, 3.63) is 36.4 Å². The monoisotopic (exact) mass is 298 g/mol. The number of hydrogen-bond acceptors (Lipinski definition) is 6. The van der Waals surface area contributed by atoms with Crippen molar-refractivity contribution in [1.29, 1.82) is 0 Å². The zero-order chi connectivity index (χ0) is 15.4. The summed E-state index contributed by atoms with van der Waals surface area (Å²) >= 11 is 0. The number of nitrogens with zero attached hydrogens (tertiary/aromatic N) is 4. The number of likely N-dealkylation sites (N-methyl/N-ethyl adjacent to an activating group) is 1. The highest BCUT2D eigenvalue weighted by atomic mass is 15.3. The first kappa shape index (κ1) is 14.6. The van der Waals surface area contributed by atoms with Gasteiger partial charge in [-0.15, -0.1) is 0 Å². The van der Waals surface area contributed by atoms with Crippen molar-refractivity contribution in [2.45, 2.75) is 6.42 Å². The Morgan fingerprint density at radius 3 is 2.68 bits per heavy atom. The fourth-order valence-corrected chi connectivity index (χ4v) is 2.62. The Labute approximate surface area is 131 Å². The van der Waals surface area contributed by atoms with Crippen molar-refractivity contribution in [3.8, 4) is 0 Å². The fraction of sp³-hybridized carbons (Fsp3) is 0.375. The van der Waals surface area contributed by atoms with E-state index in [4.69, 9.17) is 5.73 Å². The van der Waals surface area contributed by atoms with Crippen LogP contribution in [-0.4, -0.2) is 48.1 Å². The molecule has 0 saturated carbocycles. The molecule has 0 unspecified atom stereocenters. The van der Waals surface area contributed by atoms with Gasteiger partial charge >= 0.3 is 0 Å². The van der Waals surface area contributed by atoms with Gasteiger partial charge in [-0.25, -0.2) is 0 Å². The Morgan fingerprint density at radius 2 is 1.86 bits per heavy atom. The van der Waals surface area contributed by atoms with Gasteiger partial charge in [0.2, 0.25) is 5.95 Å². The van der Waals surface area contributed by atoms with E-state index < -0.39 is 0 Å². The molecule has 1 fully saturated rings. The number of para-hydroxylation sites is 1. The van der Waals surface area contributed by atoms with Gasteiger partial charge in [0, 0.05) is 31.4 Å². The maximum atomic E-state index is 5.89. The van der Waals surface area contributed by atoms with Crippen molar-refractivity contribution in [2.24, 2.45) is 0 Å². The highest BCUT2D eigenvalue weighted by Crippen LogP contribution is 2.21. The summed E-state index contributed by atoms with van der Waals surface area (Å²) in [6.45, 7) is 4.10. The molecule has 1 aliphatic rings. The van der Waals surface area contributed by atoms with Crippen LogP contribution in [0.25, 0.3) is 0 Å². The molecule has 6 heteroatoms. The van der Waals surface area contributed by atoms with Crippen LogP contribution in [0.5, 0.6) is 0 Å². The van der Waals surface area contributed by atoms with Crippen LogP contribution in [0.1, 0.15) is 6.42 Å². The summed E-state index contributed by atoms with van der Waals surface area (Å²) in [5, 5.41) is 3.28. The van der Waals surface area contributed by atoms with E-state index in [1.807, 2.05) is 36.4 Å². The van der Waals surface area contributed by atoms with Crippen molar-refractivity contribution >= 4 is 23.3 Å². The van der Waals surface area contributed by atoms with Gasteiger partial charge in [-0.1, -0.05) is 18.2 Å². The lowest BCUT2D eigenvalue weighted by Crippen LogP contribution is -2.29. The largest absolute Gasteiger partial charge is 0.368 e. The zero-order valence-corrected chi connectivity index (χ0v) is 12.9. The van der Waals surface area contributed by atoms with E-state index in [0.29, 0.717) is 5.95 Å². The molecular formula is C16H22N6. The highest BCUT2D eigenvalue weighted by Gasteiger charge is 2.15. The van der Waals surface area contributed by atoms with Crippen LogP contribution in [0.4, 0.5) is 23.3 Å². The predicted octanol–water partition coefficient (Wildman–Crippen LogP) is 1.94. The van der Waals surface area contributed by atoms with Crippen LogP contribution in [0, 0.1) is 0 Å². The van der Waals surface area contributed by atoms with E-state index in [1.54, 1.807) is 0 Å². The smallest absolute Gasteiger partial charge is 0.223 e. The molecule has 2 heterocycles. The van der Waals surface area contributed by atoms with Crippen molar-refractivity contribution < 1.29 is 0 Å². The molecule has 0 amide bonds. The third kappa shape index (κ3) is 3.65. The Balaban J connectivity index is 1.80. The summed E-state index contributed by atoms with van der Waals surface area (Å²) in [5.41, 5.74) is 6.87. The number of rotatable bonds is 3. The quantitative estimate of drug-likeness (QED) is 0.902. The van der Waals surface area contributed by atoms with Gasteiger partial charge in [-0.05, 0) is 32.1 Å². The average Bonchev–Trinajstić information content (AvgIpc) is 2.72. The number of benzene rings is 1. The Morgan fingerprint density at radius 1 is 1.05 bits per heavy atom. The minimum atomic E-state index is 0.300. The van der Waals surface area contributed by atoms with E-state index in [2.05, 4.69) is 32.1 Å². The minimum Gasteiger partial charge on any atom is -0.368 e. The van der Waals surface area contributed by atoms with E-state index in [-0.39, 0.29) is 0 Å². The molecule has 3 N–H and O–H groups in total. The van der Waals surface area contributed by atoms with E-state index in [0.717, 1.165) is 49.9 Å². The lowest BCUT2D eigenvalue weighted by molar-refractivity contribution is 0.360. The molecule has 2 aromatic rings. The van der Waals surface area contributed by atoms with Gasteiger partial charge in [-0.3, -0.25) is 0 Å². The molecule has 1 aliphatic heterocycles. The summed E-state index contributed by atoms with van der Waals surface area (Å²) in [5.74, 6) is 1.92. The maximum absolute atomic E-state index is 5.89. The number of anilines is 4. The third-order valence-corrected chi connectivity index (χ3v) is 3.82. The van der Waals surface area contributed by atoms with Gasteiger partial charge in [-0.2, -0.15) is 9.97 Å². The first-order valence-corrected chi connectivity index (χ1v) is 7.61. The molecule has 0 bridgehead atoms. The number of nitrogens with two attached hydrogens (primary N) is 1. The Kier molecular flexibility index (Phi) is 4.39. The van der Waals surface area contributed by atoms with E-state index >= 15 is 0 Å². The number of hydrogen-bond donors (Lipinski definition) is 2. The van der Waals surface area contributed by atoms with Crippen LogP contribution in [0.2, 0.25) is 0 Å². The van der Waals surface area contributed by atoms with Gasteiger partial charge in [0.05, 0.1) is 0 Å². The lowest BCUT2D eigenvalue weighted by Gasteiger charge is -2.22. The summed E-state index contributed by atoms with van der Waals surface area (Å²) in [6.07, 6.45) is 1.13. The standard InChI is InChI=1S/C16H22N6/c1-21-8-5-9-22(11-10-21)15-12-14(19-16(17)20-15)18-13-6-3-2-4-7-13/h2-4,6-7,12H,5,8-11H2,1H3,(H3,17,18,19,20). The summed E-state index contributed by atoms with van der Waals surface area (Å²) in [7, 11) is 2.15. The molecule has 1 aromatic carbocycles. The van der Waals surface area contributed by atoms with Gasteiger partial charge in [0.15, 0.2) is 0 Å². The van der Waals surface area contributed by atoms with Crippen LogP contribution in [-0.2, 0) is 0 Å². The second-order valence-electron chi connectivity index (χ2n) is 5.60. The van der Waals surface area contributed by atoms with E-state index in [9.17, 15) is 0 Å². The second-order valence-corrected chi connectivity index (χ2v) is 5.60. The van der Waals surface area contributed by atoms with E-state index in [1.165, 1.54) is 0 Å². The van der Waals surface area contributed by atoms with Crippen LogP contribution in [0.3, 0.4) is 0 Å². The molecule has 6 nitrogen and oxygen atoms in total. The summed E-state index contributed by atoms with van der Waals surface area (Å²) in [4.78, 5) is 13.3. The third-order valence-electron chi connectivity index (χ3n) is 3.82. The summed E-state index contributed by atoms with van der Waals surface area (Å²) < 4.78 is 0. The zero-order valence-electron chi connectivity index (χ0n) is 12.9. The summed E-state index contributed by atoms with van der Waals surface area (Å²) in [6, 6.07) is 11.9. The van der Waals surface area contributed by atoms with Crippen LogP contribution >= 0.6 is 0 Å². The first-order valence-electron chi connectivity index (χ1n) is 7.61. The molecule has 116 valence electrons. The van der Waals surface area contributed by atoms with Gasteiger partial charge in [0.25, 0.3) is 0 Å². The molecule has 22 heavy (non-hydrogen) atoms. The SMILES string of the molecule is CN1CCCN(c2cc(Nc3ccccc3)nc(N)n2)CC1. The predicted molar refractivity (Wildman–Crippen MR) is 90.5 cm³/mol. The highest BCUT2D eigenvalue weighted by molar-refractivity contribution is 5.61. The first-order chi connectivity index (χ1) is 10.7. The number of nitrogens with one attached hydrogen (secondary N) is 1. The van der Waals surface area contributed by atoms with Crippen molar-refractivity contribution in [2.75, 3.05) is 49.2 Å². The molecule has 0 spiro atoms. The van der Waals surface area contributed by atoms with Crippen molar-refractivity contribution in [1.82, 2.24) is 14.9 Å². The molecule has 3 rings (SSSR count). The second kappa shape index (κ2) is 6.62. The van der Waals surface area contributed by atoms with Gasteiger partial charge in [0.1, 0.15) is 11.6 Å². The normalized spacial score (nSPS) is 16.3. The molecule has 0 atom stereocenters. The fourth-order valence-electron chi connectivity index (χ4n) is 2.62. The lowest BCUT2D eigenvalue weighted by atomic mass is 10.3. The molecular weight excluding hydrogens is 276 g/mol. The Hall–Kier alpha value is -2.34. The minimum absolute atomic E-state index is 0.300. The molecule has 1 aromatic heterocycles. The molecule has 0 radical (unpaired) electrons. The van der Waals surface area contributed by atoms with Crippen LogP contribution < -0.4 is 16.0 Å². The van der Waals surface area contributed by atoms with Crippen LogP contribution in [0.15, 0.2) is 36.4 Å². The topological polar surface area (TPSA) is 70.3 Å². The van der Waals surface area contributed by atoms with Gasteiger partial charge < -0.3 is 20.9 Å². The maximum Gasteiger partial charge on any atom is 0.223 e. The van der Waals surface area contributed by atoms with Crippen molar-refractivity contribution in [3.63, 3.8) is 0 Å².